The quantitative estimate of drug-likeness (QED) is 0.458. The molecule has 0 radical (unpaired) electrons. The highest BCUT2D eigenvalue weighted by Crippen LogP contribution is 2.21. The molecule has 2 N–H and O–H groups in total. The molecular weight excluding hydrogens is 386 g/mol. The first-order valence-corrected chi connectivity index (χ1v) is 10.0. The van der Waals surface area contributed by atoms with Crippen LogP contribution in [0.2, 0.25) is 0 Å². The normalized spacial score (nSPS) is 10.6. The zero-order chi connectivity index (χ0) is 19.9. The minimum Gasteiger partial charge on any atom is -0.338 e. The fourth-order valence-electron chi connectivity index (χ4n) is 2.76. The van der Waals surface area contributed by atoms with Crippen molar-refractivity contribution < 1.29 is 4.79 Å². The van der Waals surface area contributed by atoms with E-state index in [9.17, 15) is 4.79 Å². The summed E-state index contributed by atoms with van der Waals surface area (Å²) in [7, 11) is 0. The molecular formula is C20H19N7OS. The smallest absolute Gasteiger partial charge is 0.319 e. The molecule has 2 amide bonds. The summed E-state index contributed by atoms with van der Waals surface area (Å²) in [6.07, 6.45) is 10.2. The van der Waals surface area contributed by atoms with E-state index in [1.165, 1.54) is 0 Å². The van der Waals surface area contributed by atoms with Gasteiger partial charge in [0.25, 0.3) is 0 Å². The lowest BCUT2D eigenvalue weighted by molar-refractivity contribution is 0.252. The highest BCUT2D eigenvalue weighted by atomic mass is 32.1. The van der Waals surface area contributed by atoms with E-state index in [0.717, 1.165) is 29.1 Å². The Morgan fingerprint density at radius 3 is 2.83 bits per heavy atom. The number of nitrogens with zero attached hydrogens (tertiary/aromatic N) is 5. The van der Waals surface area contributed by atoms with Gasteiger partial charge in [0, 0.05) is 54.9 Å². The van der Waals surface area contributed by atoms with Gasteiger partial charge in [0.1, 0.15) is 0 Å². The van der Waals surface area contributed by atoms with Crippen molar-refractivity contribution in [3.8, 4) is 17.1 Å². The summed E-state index contributed by atoms with van der Waals surface area (Å²) in [5.74, 6) is 0.569. The summed E-state index contributed by atoms with van der Waals surface area (Å²) in [6, 6.07) is 8.98. The van der Waals surface area contributed by atoms with Crippen LogP contribution in [0.4, 0.5) is 10.5 Å². The number of nitrogens with one attached hydrogen (secondary N) is 2. The van der Waals surface area contributed by atoms with Gasteiger partial charge in [-0.2, -0.15) is 5.10 Å². The molecule has 146 valence electrons. The lowest BCUT2D eigenvalue weighted by Gasteiger charge is -2.10. The number of amides is 2. The number of pyridine rings is 2. The monoisotopic (exact) mass is 405 g/mol. The average molecular weight is 405 g/mol. The minimum atomic E-state index is -0.275. The van der Waals surface area contributed by atoms with Gasteiger partial charge in [0.05, 0.1) is 16.4 Å². The third-order valence-electron chi connectivity index (χ3n) is 4.14. The highest BCUT2D eigenvalue weighted by molar-refractivity contribution is 7.09. The van der Waals surface area contributed by atoms with Crippen molar-refractivity contribution in [2.45, 2.75) is 12.8 Å². The predicted octanol–water partition coefficient (Wildman–Crippen LogP) is 3.54. The highest BCUT2D eigenvalue weighted by Gasteiger charge is 2.09. The zero-order valence-electron chi connectivity index (χ0n) is 15.5. The Balaban J connectivity index is 1.26. The Labute approximate surface area is 171 Å². The molecule has 0 aliphatic heterocycles. The number of rotatable bonds is 7. The molecule has 0 atom stereocenters. The molecule has 0 saturated heterocycles. The number of aryl methyl sites for hydroxylation is 1. The van der Waals surface area contributed by atoms with Crippen LogP contribution in [-0.2, 0) is 6.42 Å². The number of urea groups is 1. The maximum absolute atomic E-state index is 12.2. The average Bonchev–Trinajstić information content (AvgIpc) is 3.45. The Morgan fingerprint density at radius 2 is 2.00 bits per heavy atom. The van der Waals surface area contributed by atoms with E-state index in [4.69, 9.17) is 0 Å². The van der Waals surface area contributed by atoms with Crippen molar-refractivity contribution in [1.29, 1.82) is 0 Å². The molecule has 4 heterocycles. The van der Waals surface area contributed by atoms with E-state index in [1.807, 2.05) is 17.5 Å². The first kappa shape index (κ1) is 18.8. The van der Waals surface area contributed by atoms with Gasteiger partial charge in [-0.25, -0.2) is 19.4 Å². The molecule has 0 aliphatic carbocycles. The third kappa shape index (κ3) is 4.82. The van der Waals surface area contributed by atoms with Crippen molar-refractivity contribution in [3.63, 3.8) is 0 Å². The van der Waals surface area contributed by atoms with E-state index in [0.29, 0.717) is 18.1 Å². The van der Waals surface area contributed by atoms with Gasteiger partial charge in [0.15, 0.2) is 5.82 Å². The van der Waals surface area contributed by atoms with Gasteiger partial charge in [-0.1, -0.05) is 0 Å². The SMILES string of the molecule is O=C(NCCCc1nc(-c2ccncc2)cs1)Nc1cccnc1-n1cccn1. The second-order valence-corrected chi connectivity index (χ2v) is 7.11. The van der Waals surface area contributed by atoms with Gasteiger partial charge in [0.2, 0.25) is 0 Å². The van der Waals surface area contributed by atoms with Crippen molar-refractivity contribution in [2.24, 2.45) is 0 Å². The Hall–Kier alpha value is -3.59. The number of aromatic nitrogens is 5. The fourth-order valence-corrected chi connectivity index (χ4v) is 3.61. The fraction of sp³-hybridized carbons (Fsp3) is 0.150. The first-order valence-electron chi connectivity index (χ1n) is 9.14. The van der Waals surface area contributed by atoms with Gasteiger partial charge >= 0.3 is 6.03 Å². The zero-order valence-corrected chi connectivity index (χ0v) is 16.3. The van der Waals surface area contributed by atoms with Crippen LogP contribution in [-0.4, -0.2) is 37.3 Å². The number of anilines is 1. The van der Waals surface area contributed by atoms with Crippen LogP contribution in [0.3, 0.4) is 0 Å². The molecule has 0 fully saturated rings. The summed E-state index contributed by atoms with van der Waals surface area (Å²) in [4.78, 5) is 25.2. The van der Waals surface area contributed by atoms with E-state index in [1.54, 1.807) is 65.2 Å². The number of hydrogen-bond acceptors (Lipinski definition) is 6. The van der Waals surface area contributed by atoms with Gasteiger partial charge < -0.3 is 10.6 Å². The van der Waals surface area contributed by atoms with Crippen molar-refractivity contribution in [3.05, 3.63) is 71.7 Å². The van der Waals surface area contributed by atoms with E-state index >= 15 is 0 Å². The van der Waals surface area contributed by atoms with Crippen LogP contribution in [0.5, 0.6) is 0 Å². The summed E-state index contributed by atoms with van der Waals surface area (Å²) < 4.78 is 1.61. The van der Waals surface area contributed by atoms with Crippen LogP contribution < -0.4 is 10.6 Å². The Kier molecular flexibility index (Phi) is 5.87. The lowest BCUT2D eigenvalue weighted by Crippen LogP contribution is -2.30. The molecule has 9 heteroatoms. The van der Waals surface area contributed by atoms with E-state index in [2.05, 4.69) is 30.7 Å². The summed E-state index contributed by atoms with van der Waals surface area (Å²) in [5.41, 5.74) is 2.61. The van der Waals surface area contributed by atoms with E-state index < -0.39 is 0 Å². The minimum absolute atomic E-state index is 0.275. The standard InChI is InChI=1S/C20H19N7OS/c28-20(26-16-4-1-8-22-19(16)27-13-3-10-24-27)23-9-2-5-18-25-17(14-29-18)15-6-11-21-12-7-15/h1,3-4,6-8,10-14H,2,5,9H2,(H2,23,26,28). The second-order valence-electron chi connectivity index (χ2n) is 6.17. The predicted molar refractivity (Wildman–Crippen MR) is 112 cm³/mol. The largest absolute Gasteiger partial charge is 0.338 e. The molecule has 29 heavy (non-hydrogen) atoms. The molecule has 4 aromatic rings. The molecule has 4 aromatic heterocycles. The molecule has 0 bridgehead atoms. The maximum atomic E-state index is 12.2. The Bertz CT molecular complexity index is 1060. The molecule has 0 unspecified atom stereocenters. The number of hydrogen-bond donors (Lipinski definition) is 2. The van der Waals surface area contributed by atoms with Crippen molar-refractivity contribution in [2.75, 3.05) is 11.9 Å². The van der Waals surface area contributed by atoms with E-state index in [-0.39, 0.29) is 6.03 Å². The van der Waals surface area contributed by atoms with Gasteiger partial charge in [-0.05, 0) is 36.8 Å². The van der Waals surface area contributed by atoms with Crippen LogP contribution in [0, 0.1) is 0 Å². The molecule has 8 nitrogen and oxygen atoms in total. The van der Waals surface area contributed by atoms with Gasteiger partial charge in [-0.15, -0.1) is 11.3 Å². The van der Waals surface area contributed by atoms with Crippen molar-refractivity contribution >= 4 is 23.1 Å². The maximum Gasteiger partial charge on any atom is 0.319 e. The van der Waals surface area contributed by atoms with Crippen LogP contribution >= 0.6 is 11.3 Å². The first-order chi connectivity index (χ1) is 14.3. The van der Waals surface area contributed by atoms with Crippen LogP contribution in [0.25, 0.3) is 17.1 Å². The third-order valence-corrected chi connectivity index (χ3v) is 5.05. The lowest BCUT2D eigenvalue weighted by atomic mass is 10.2. The summed E-state index contributed by atoms with van der Waals surface area (Å²) >= 11 is 1.63. The number of thiazole rings is 1. The Morgan fingerprint density at radius 1 is 1.10 bits per heavy atom. The van der Waals surface area contributed by atoms with Gasteiger partial charge in [-0.3, -0.25) is 4.98 Å². The summed E-state index contributed by atoms with van der Waals surface area (Å²) in [5, 5.41) is 13.0. The number of carbonyl (C=O) groups excluding carboxylic acids is 1. The topological polar surface area (TPSA) is 97.6 Å². The summed E-state index contributed by atoms with van der Waals surface area (Å²) in [6.45, 7) is 0.549. The second kappa shape index (κ2) is 9.07. The van der Waals surface area contributed by atoms with Crippen LogP contribution in [0.15, 0.2) is 66.7 Å². The number of carbonyl (C=O) groups is 1. The molecule has 0 saturated carbocycles. The molecule has 0 aromatic carbocycles. The molecule has 4 rings (SSSR count). The molecule has 0 spiro atoms. The van der Waals surface area contributed by atoms with Crippen LogP contribution in [0.1, 0.15) is 11.4 Å². The molecule has 0 aliphatic rings. The van der Waals surface area contributed by atoms with Crippen molar-refractivity contribution in [1.82, 2.24) is 30.0 Å².